The summed E-state index contributed by atoms with van der Waals surface area (Å²) in [5, 5.41) is 10.6. The number of hydrogen-bond acceptors (Lipinski definition) is 4. The Morgan fingerprint density at radius 3 is 2.82 bits per heavy atom. The average Bonchev–Trinajstić information content (AvgIpc) is 3.03. The van der Waals surface area contributed by atoms with E-state index in [2.05, 4.69) is 22.3 Å². The summed E-state index contributed by atoms with van der Waals surface area (Å²) < 4.78 is 1.90. The molecule has 2 aromatic rings. The Kier molecular flexibility index (Phi) is 5.71. The zero-order chi connectivity index (χ0) is 16.1. The first-order valence-electron chi connectivity index (χ1n) is 7.64. The van der Waals surface area contributed by atoms with Crippen molar-refractivity contribution < 1.29 is 4.79 Å². The van der Waals surface area contributed by atoms with Crippen molar-refractivity contribution in [2.75, 3.05) is 0 Å². The lowest BCUT2D eigenvalue weighted by Gasteiger charge is -2.14. The lowest BCUT2D eigenvalue weighted by Crippen LogP contribution is -2.34. The minimum atomic E-state index is 0.114. The van der Waals surface area contributed by atoms with Crippen molar-refractivity contribution in [1.82, 2.24) is 20.1 Å². The Morgan fingerprint density at radius 1 is 1.45 bits per heavy atom. The topological polar surface area (TPSA) is 59.8 Å². The van der Waals surface area contributed by atoms with Crippen LogP contribution in [-0.2, 0) is 24.7 Å². The first-order chi connectivity index (χ1) is 10.5. The Balaban J connectivity index is 1.76. The lowest BCUT2D eigenvalue weighted by molar-refractivity contribution is -0.121. The molecule has 1 amide bonds. The van der Waals surface area contributed by atoms with Gasteiger partial charge in [0.05, 0.1) is 10.7 Å². The molecule has 0 bridgehead atoms. The highest BCUT2D eigenvalue weighted by molar-refractivity contribution is 7.09. The molecule has 2 heterocycles. The van der Waals surface area contributed by atoms with E-state index < -0.39 is 0 Å². The largest absolute Gasteiger partial charge is 0.353 e. The van der Waals surface area contributed by atoms with Crippen LogP contribution in [-0.4, -0.2) is 26.7 Å². The number of carbonyl (C=O) groups is 1. The zero-order valence-corrected chi connectivity index (χ0v) is 14.5. The summed E-state index contributed by atoms with van der Waals surface area (Å²) in [4.78, 5) is 16.2. The van der Waals surface area contributed by atoms with Gasteiger partial charge >= 0.3 is 0 Å². The maximum Gasteiger partial charge on any atom is 0.220 e. The Labute approximate surface area is 135 Å². The van der Waals surface area contributed by atoms with Crippen LogP contribution in [0.2, 0.25) is 0 Å². The second-order valence-corrected chi connectivity index (χ2v) is 6.70. The van der Waals surface area contributed by atoms with Crippen LogP contribution >= 0.6 is 11.3 Å². The van der Waals surface area contributed by atoms with E-state index in [9.17, 15) is 4.79 Å². The quantitative estimate of drug-likeness (QED) is 0.853. The predicted octanol–water partition coefficient (Wildman–Crippen LogP) is 2.56. The second-order valence-electron chi connectivity index (χ2n) is 5.73. The molecular weight excluding hydrogens is 296 g/mol. The van der Waals surface area contributed by atoms with Gasteiger partial charge in [0.15, 0.2) is 0 Å². The third kappa shape index (κ3) is 4.40. The van der Waals surface area contributed by atoms with Crippen LogP contribution in [0, 0.1) is 13.8 Å². The lowest BCUT2D eigenvalue weighted by atomic mass is 10.1. The van der Waals surface area contributed by atoms with Gasteiger partial charge in [0.1, 0.15) is 0 Å². The number of aromatic nitrogens is 3. The first kappa shape index (κ1) is 16.7. The van der Waals surface area contributed by atoms with Gasteiger partial charge in [-0.3, -0.25) is 9.48 Å². The summed E-state index contributed by atoms with van der Waals surface area (Å²) in [6.07, 6.45) is 4.90. The standard InChI is InChI=1S/C16H24N4OS/c1-11(10-14-12(2)19-20(4)13(14)3)18-15(21)6-5-7-16-17-8-9-22-16/h8-9,11H,5-7,10H2,1-4H3,(H,18,21)/t11-/m0/s1. The molecule has 1 atom stereocenters. The summed E-state index contributed by atoms with van der Waals surface area (Å²) in [5.74, 6) is 0.114. The maximum absolute atomic E-state index is 12.0. The number of hydrogen-bond donors (Lipinski definition) is 1. The van der Waals surface area contributed by atoms with Gasteiger partial charge in [-0.05, 0) is 45.6 Å². The minimum absolute atomic E-state index is 0.114. The van der Waals surface area contributed by atoms with Crippen LogP contribution in [0.1, 0.15) is 41.7 Å². The van der Waals surface area contributed by atoms with E-state index in [4.69, 9.17) is 0 Å². The van der Waals surface area contributed by atoms with E-state index in [1.807, 2.05) is 31.0 Å². The first-order valence-corrected chi connectivity index (χ1v) is 8.52. The van der Waals surface area contributed by atoms with E-state index in [-0.39, 0.29) is 11.9 Å². The molecule has 0 aliphatic rings. The number of carbonyl (C=O) groups excluding carboxylic acids is 1. The number of rotatable bonds is 7. The van der Waals surface area contributed by atoms with Gasteiger partial charge in [-0.25, -0.2) is 4.98 Å². The van der Waals surface area contributed by atoms with Crippen LogP contribution in [0.15, 0.2) is 11.6 Å². The summed E-state index contributed by atoms with van der Waals surface area (Å²) >= 11 is 1.64. The number of amides is 1. The minimum Gasteiger partial charge on any atom is -0.353 e. The highest BCUT2D eigenvalue weighted by Gasteiger charge is 2.14. The van der Waals surface area contributed by atoms with Crippen molar-refractivity contribution in [1.29, 1.82) is 0 Å². The average molecular weight is 320 g/mol. The van der Waals surface area contributed by atoms with Crippen molar-refractivity contribution in [3.05, 3.63) is 33.5 Å². The molecule has 5 nitrogen and oxygen atoms in total. The van der Waals surface area contributed by atoms with Crippen LogP contribution in [0.25, 0.3) is 0 Å². The Bertz CT molecular complexity index is 618. The highest BCUT2D eigenvalue weighted by Crippen LogP contribution is 2.14. The van der Waals surface area contributed by atoms with E-state index >= 15 is 0 Å². The molecule has 0 fully saturated rings. The molecule has 0 radical (unpaired) electrons. The zero-order valence-electron chi connectivity index (χ0n) is 13.7. The van der Waals surface area contributed by atoms with Gasteiger partial charge < -0.3 is 5.32 Å². The van der Waals surface area contributed by atoms with Gasteiger partial charge in [0, 0.05) is 36.8 Å². The van der Waals surface area contributed by atoms with E-state index in [1.165, 1.54) is 11.3 Å². The van der Waals surface area contributed by atoms with Crippen molar-refractivity contribution in [3.8, 4) is 0 Å². The van der Waals surface area contributed by atoms with Gasteiger partial charge in [0.2, 0.25) is 5.91 Å². The monoisotopic (exact) mass is 320 g/mol. The van der Waals surface area contributed by atoms with Crippen LogP contribution in [0.4, 0.5) is 0 Å². The smallest absolute Gasteiger partial charge is 0.220 e. The van der Waals surface area contributed by atoms with Gasteiger partial charge in [0.25, 0.3) is 0 Å². The third-order valence-corrected chi connectivity index (χ3v) is 4.69. The molecule has 2 aromatic heterocycles. The summed E-state index contributed by atoms with van der Waals surface area (Å²) in [6, 6.07) is 0.119. The summed E-state index contributed by atoms with van der Waals surface area (Å²) in [7, 11) is 1.95. The third-order valence-electron chi connectivity index (χ3n) is 3.85. The van der Waals surface area contributed by atoms with E-state index in [0.29, 0.717) is 6.42 Å². The van der Waals surface area contributed by atoms with E-state index in [0.717, 1.165) is 30.0 Å². The van der Waals surface area contributed by atoms with Crippen molar-refractivity contribution >= 4 is 17.2 Å². The molecule has 6 heteroatoms. The molecule has 0 aliphatic carbocycles. The summed E-state index contributed by atoms with van der Waals surface area (Å²) in [5.41, 5.74) is 3.45. The van der Waals surface area contributed by atoms with Crippen molar-refractivity contribution in [2.45, 2.75) is 52.5 Å². The van der Waals surface area contributed by atoms with Gasteiger partial charge in [-0.2, -0.15) is 5.10 Å². The number of nitrogens with zero attached hydrogens (tertiary/aromatic N) is 3. The van der Waals surface area contributed by atoms with Crippen molar-refractivity contribution in [3.63, 3.8) is 0 Å². The molecule has 0 aliphatic heterocycles. The fourth-order valence-corrected chi connectivity index (χ4v) is 3.26. The molecule has 0 saturated carbocycles. The maximum atomic E-state index is 12.0. The second kappa shape index (κ2) is 7.54. The fourth-order valence-electron chi connectivity index (χ4n) is 2.59. The van der Waals surface area contributed by atoms with Gasteiger partial charge in [-0.15, -0.1) is 11.3 Å². The van der Waals surface area contributed by atoms with Crippen LogP contribution in [0.5, 0.6) is 0 Å². The molecule has 2 rings (SSSR count). The van der Waals surface area contributed by atoms with Gasteiger partial charge in [-0.1, -0.05) is 0 Å². The number of thiazole rings is 1. The molecule has 0 unspecified atom stereocenters. The normalized spacial score (nSPS) is 12.4. The predicted molar refractivity (Wildman–Crippen MR) is 89.0 cm³/mol. The molecule has 1 N–H and O–H groups in total. The summed E-state index contributed by atoms with van der Waals surface area (Å²) in [6.45, 7) is 6.13. The Hall–Kier alpha value is -1.69. The number of nitrogens with one attached hydrogen (secondary N) is 1. The van der Waals surface area contributed by atoms with Crippen LogP contribution in [0.3, 0.4) is 0 Å². The van der Waals surface area contributed by atoms with Crippen molar-refractivity contribution in [2.24, 2.45) is 7.05 Å². The fraction of sp³-hybridized carbons (Fsp3) is 0.562. The molecule has 0 saturated heterocycles. The molecule has 0 spiro atoms. The van der Waals surface area contributed by atoms with Crippen LogP contribution < -0.4 is 5.32 Å². The number of aryl methyl sites for hydroxylation is 3. The molecule has 0 aromatic carbocycles. The molecule has 22 heavy (non-hydrogen) atoms. The highest BCUT2D eigenvalue weighted by atomic mass is 32.1. The molecular formula is C16H24N4OS. The SMILES string of the molecule is Cc1nn(C)c(C)c1C[C@H](C)NC(=O)CCCc1nccs1. The molecule has 120 valence electrons. The van der Waals surface area contributed by atoms with E-state index in [1.54, 1.807) is 17.5 Å². The Morgan fingerprint density at radius 2 is 2.23 bits per heavy atom.